The number of carbonyl (C=O) groups excluding carboxylic acids is 1. The third-order valence-corrected chi connectivity index (χ3v) is 5.63. The topological polar surface area (TPSA) is 17.1 Å². The Morgan fingerprint density at radius 1 is 0.708 bits per heavy atom. The summed E-state index contributed by atoms with van der Waals surface area (Å²) < 4.78 is 75.5. The highest BCUT2D eigenvalue weighted by molar-refractivity contribution is 7.73. The van der Waals surface area contributed by atoms with Crippen molar-refractivity contribution in [1.29, 1.82) is 0 Å². The molecule has 0 aliphatic rings. The number of halogens is 6. The molecule has 24 heavy (non-hydrogen) atoms. The van der Waals surface area contributed by atoms with Crippen LogP contribution in [0.1, 0.15) is 11.1 Å². The maximum atomic E-state index is 12.6. The van der Waals surface area contributed by atoms with Gasteiger partial charge in [0.2, 0.25) is 0 Å². The van der Waals surface area contributed by atoms with Crippen LogP contribution in [0.15, 0.2) is 48.5 Å². The SMILES string of the molecule is O=CCP(c1ccc(C(F)(F)F)cc1)c1ccc(C(F)(F)F)cc1. The highest BCUT2D eigenvalue weighted by atomic mass is 31.1. The van der Waals surface area contributed by atoms with Crippen LogP contribution in [-0.2, 0) is 17.1 Å². The molecule has 0 radical (unpaired) electrons. The molecule has 0 saturated carbocycles. The van der Waals surface area contributed by atoms with E-state index in [1.807, 2.05) is 0 Å². The molecule has 0 spiro atoms. The monoisotopic (exact) mass is 364 g/mol. The number of carbonyl (C=O) groups is 1. The summed E-state index contributed by atoms with van der Waals surface area (Å²) >= 11 is 0. The first-order valence-electron chi connectivity index (χ1n) is 6.68. The van der Waals surface area contributed by atoms with E-state index in [9.17, 15) is 31.1 Å². The van der Waals surface area contributed by atoms with Crippen molar-refractivity contribution in [2.45, 2.75) is 12.4 Å². The molecule has 2 aromatic carbocycles. The van der Waals surface area contributed by atoms with Crippen LogP contribution in [0.4, 0.5) is 26.3 Å². The zero-order valence-corrected chi connectivity index (χ0v) is 12.9. The lowest BCUT2D eigenvalue weighted by molar-refractivity contribution is -0.138. The average Bonchev–Trinajstić information content (AvgIpc) is 2.51. The van der Waals surface area contributed by atoms with Crippen molar-refractivity contribution >= 4 is 24.8 Å². The maximum Gasteiger partial charge on any atom is 0.416 e. The van der Waals surface area contributed by atoms with Gasteiger partial charge in [-0.3, -0.25) is 0 Å². The van der Waals surface area contributed by atoms with Gasteiger partial charge in [-0.05, 0) is 42.8 Å². The summed E-state index contributed by atoms with van der Waals surface area (Å²) in [5.41, 5.74) is -1.64. The summed E-state index contributed by atoms with van der Waals surface area (Å²) in [6.07, 6.45) is -8.31. The molecule has 2 rings (SSSR count). The van der Waals surface area contributed by atoms with E-state index < -0.39 is 31.4 Å². The van der Waals surface area contributed by atoms with Crippen molar-refractivity contribution in [1.82, 2.24) is 0 Å². The normalized spacial score (nSPS) is 12.5. The van der Waals surface area contributed by atoms with Gasteiger partial charge in [0, 0.05) is 6.16 Å². The van der Waals surface area contributed by atoms with Gasteiger partial charge in [-0.1, -0.05) is 24.3 Å². The van der Waals surface area contributed by atoms with Crippen LogP contribution >= 0.6 is 7.92 Å². The standard InChI is InChI=1S/C16H11F6OP/c17-15(18,19)11-1-5-13(6-2-11)24(10-9-23)14-7-3-12(4-8-14)16(20,21)22/h1-9H,10H2. The Labute approximate surface area is 135 Å². The molecule has 0 aromatic heterocycles. The Morgan fingerprint density at radius 2 is 1.04 bits per heavy atom. The predicted molar refractivity (Wildman–Crippen MR) is 80.0 cm³/mol. The zero-order valence-electron chi connectivity index (χ0n) is 12.0. The van der Waals surface area contributed by atoms with Crippen LogP contribution in [0.3, 0.4) is 0 Å². The number of alkyl halides is 6. The fourth-order valence-corrected chi connectivity index (χ4v) is 3.98. The quantitative estimate of drug-likeness (QED) is 0.448. The lowest BCUT2D eigenvalue weighted by Gasteiger charge is -2.18. The molecule has 0 heterocycles. The number of rotatable bonds is 4. The summed E-state index contributed by atoms with van der Waals surface area (Å²) in [4.78, 5) is 10.9. The van der Waals surface area contributed by atoms with Crippen LogP contribution in [-0.4, -0.2) is 12.4 Å². The molecular weight excluding hydrogens is 353 g/mol. The Kier molecular flexibility index (Phi) is 5.33. The van der Waals surface area contributed by atoms with Gasteiger partial charge in [-0.15, -0.1) is 0 Å². The van der Waals surface area contributed by atoms with Gasteiger partial charge in [-0.2, -0.15) is 26.3 Å². The Hall–Kier alpha value is -1.88. The Bertz CT molecular complexity index is 631. The molecule has 128 valence electrons. The van der Waals surface area contributed by atoms with E-state index in [0.717, 1.165) is 24.3 Å². The molecule has 0 aliphatic heterocycles. The van der Waals surface area contributed by atoms with Gasteiger partial charge in [0.1, 0.15) is 6.29 Å². The first-order valence-corrected chi connectivity index (χ1v) is 8.21. The van der Waals surface area contributed by atoms with Crippen molar-refractivity contribution in [2.24, 2.45) is 0 Å². The summed E-state index contributed by atoms with van der Waals surface area (Å²) in [7, 11) is -1.35. The average molecular weight is 364 g/mol. The summed E-state index contributed by atoms with van der Waals surface area (Å²) in [6, 6.07) is 8.65. The van der Waals surface area contributed by atoms with Crippen LogP contribution in [0.25, 0.3) is 0 Å². The van der Waals surface area contributed by atoms with E-state index in [-0.39, 0.29) is 6.16 Å². The second kappa shape index (κ2) is 6.93. The smallest absolute Gasteiger partial charge is 0.303 e. The van der Waals surface area contributed by atoms with Gasteiger partial charge in [-0.25, -0.2) is 0 Å². The molecule has 0 N–H and O–H groups in total. The van der Waals surface area contributed by atoms with Crippen molar-refractivity contribution in [3.63, 3.8) is 0 Å². The Morgan fingerprint density at radius 3 is 1.29 bits per heavy atom. The molecule has 0 unspecified atom stereocenters. The predicted octanol–water partition coefficient (Wildman–Crippen LogP) is 4.36. The lowest BCUT2D eigenvalue weighted by atomic mass is 10.2. The fraction of sp³-hybridized carbons (Fsp3) is 0.188. The number of hydrogen-bond acceptors (Lipinski definition) is 1. The van der Waals surface area contributed by atoms with Crippen molar-refractivity contribution in [2.75, 3.05) is 6.16 Å². The highest BCUT2D eigenvalue weighted by Gasteiger charge is 2.31. The fourth-order valence-electron chi connectivity index (χ4n) is 2.10. The first kappa shape index (κ1) is 18.5. The van der Waals surface area contributed by atoms with E-state index >= 15 is 0 Å². The van der Waals surface area contributed by atoms with Crippen LogP contribution in [0.2, 0.25) is 0 Å². The molecule has 0 atom stereocenters. The van der Waals surface area contributed by atoms with Crippen molar-refractivity contribution in [3.05, 3.63) is 59.7 Å². The van der Waals surface area contributed by atoms with Gasteiger partial charge in [0.25, 0.3) is 0 Å². The Balaban J connectivity index is 2.34. The second-order valence-corrected chi connectivity index (χ2v) is 7.12. The van der Waals surface area contributed by atoms with Gasteiger partial charge >= 0.3 is 12.4 Å². The van der Waals surface area contributed by atoms with Gasteiger partial charge < -0.3 is 4.79 Å². The van der Waals surface area contributed by atoms with E-state index in [4.69, 9.17) is 0 Å². The molecule has 2 aromatic rings. The van der Waals surface area contributed by atoms with Crippen LogP contribution in [0.5, 0.6) is 0 Å². The molecule has 1 nitrogen and oxygen atoms in total. The molecular formula is C16H11F6OP. The van der Waals surface area contributed by atoms with E-state index in [0.29, 0.717) is 16.9 Å². The molecule has 0 amide bonds. The molecule has 0 saturated heterocycles. The summed E-state index contributed by atoms with van der Waals surface area (Å²) in [6.45, 7) is 0. The zero-order chi connectivity index (χ0) is 18.0. The minimum Gasteiger partial charge on any atom is -0.303 e. The minimum atomic E-state index is -4.47. The summed E-state index contributed by atoms with van der Waals surface area (Å²) in [5.74, 6) is 0. The second-order valence-electron chi connectivity index (χ2n) is 4.87. The molecule has 0 fully saturated rings. The molecule has 0 aliphatic carbocycles. The summed E-state index contributed by atoms with van der Waals surface area (Å²) in [5, 5.41) is 0.981. The number of hydrogen-bond donors (Lipinski definition) is 0. The third kappa shape index (κ3) is 4.35. The van der Waals surface area contributed by atoms with E-state index in [1.54, 1.807) is 0 Å². The number of aldehydes is 1. The third-order valence-electron chi connectivity index (χ3n) is 3.27. The van der Waals surface area contributed by atoms with Gasteiger partial charge in [0.05, 0.1) is 11.1 Å². The first-order chi connectivity index (χ1) is 11.1. The number of benzene rings is 2. The van der Waals surface area contributed by atoms with Crippen LogP contribution in [0, 0.1) is 0 Å². The lowest BCUT2D eigenvalue weighted by Crippen LogP contribution is -2.17. The highest BCUT2D eigenvalue weighted by Crippen LogP contribution is 2.36. The largest absolute Gasteiger partial charge is 0.416 e. The van der Waals surface area contributed by atoms with Gasteiger partial charge in [0.15, 0.2) is 0 Å². The van der Waals surface area contributed by atoms with E-state index in [1.165, 1.54) is 24.3 Å². The van der Waals surface area contributed by atoms with Crippen LogP contribution < -0.4 is 10.6 Å². The van der Waals surface area contributed by atoms with Crippen molar-refractivity contribution in [3.8, 4) is 0 Å². The van der Waals surface area contributed by atoms with E-state index in [2.05, 4.69) is 0 Å². The molecule has 8 heteroatoms. The van der Waals surface area contributed by atoms with Crippen molar-refractivity contribution < 1.29 is 31.1 Å². The molecule has 0 bridgehead atoms. The maximum absolute atomic E-state index is 12.6. The minimum absolute atomic E-state index is 0.0199.